The number of benzene rings is 1. The maximum absolute atomic E-state index is 13.8. The molecule has 3 N–H and O–H groups in total. The van der Waals surface area contributed by atoms with E-state index in [-0.39, 0.29) is 11.9 Å². The predicted octanol–water partition coefficient (Wildman–Crippen LogP) is 2.96. The third-order valence-electron chi connectivity index (χ3n) is 3.08. The lowest BCUT2D eigenvalue weighted by Crippen LogP contribution is -2.21. The van der Waals surface area contributed by atoms with Gasteiger partial charge in [0.05, 0.1) is 0 Å². The van der Waals surface area contributed by atoms with Crippen LogP contribution in [0.25, 0.3) is 0 Å². The van der Waals surface area contributed by atoms with Crippen LogP contribution >= 0.6 is 11.6 Å². The number of aromatic nitrogens is 1. The van der Waals surface area contributed by atoms with Gasteiger partial charge in [0.1, 0.15) is 5.82 Å². The topological polar surface area (TPSA) is 50.9 Å². The summed E-state index contributed by atoms with van der Waals surface area (Å²) in [4.78, 5) is 4.05. The minimum Gasteiger partial charge on any atom is -0.398 e. The molecule has 0 aliphatic heterocycles. The fourth-order valence-corrected chi connectivity index (χ4v) is 2.25. The maximum Gasteiger partial charge on any atom is 0.127 e. The highest BCUT2D eigenvalue weighted by atomic mass is 35.5. The SMILES string of the molecule is CNC(Cc1c(F)cccc1Cl)c1cnccc1N. The molecule has 1 aromatic carbocycles. The van der Waals surface area contributed by atoms with Gasteiger partial charge in [-0.3, -0.25) is 4.98 Å². The van der Waals surface area contributed by atoms with Gasteiger partial charge in [-0.1, -0.05) is 17.7 Å². The number of hydrogen-bond donors (Lipinski definition) is 2. The minimum atomic E-state index is -0.310. The van der Waals surface area contributed by atoms with Gasteiger partial charge >= 0.3 is 0 Å². The van der Waals surface area contributed by atoms with E-state index in [0.717, 1.165) is 5.56 Å². The third-order valence-corrected chi connectivity index (χ3v) is 3.44. The first-order valence-corrected chi connectivity index (χ1v) is 6.30. The smallest absolute Gasteiger partial charge is 0.127 e. The van der Waals surface area contributed by atoms with Crippen LogP contribution in [-0.4, -0.2) is 12.0 Å². The summed E-state index contributed by atoms with van der Waals surface area (Å²) in [6.45, 7) is 0. The summed E-state index contributed by atoms with van der Waals surface area (Å²) >= 11 is 6.04. The van der Waals surface area contributed by atoms with Crippen LogP contribution in [-0.2, 0) is 6.42 Å². The fourth-order valence-electron chi connectivity index (χ4n) is 2.01. The van der Waals surface area contributed by atoms with E-state index >= 15 is 0 Å². The maximum atomic E-state index is 13.8. The van der Waals surface area contributed by atoms with Crippen molar-refractivity contribution < 1.29 is 4.39 Å². The molecule has 2 aromatic rings. The molecule has 1 heterocycles. The molecule has 3 nitrogen and oxygen atoms in total. The van der Waals surface area contributed by atoms with Crippen molar-refractivity contribution in [3.8, 4) is 0 Å². The Hall–Kier alpha value is -1.65. The summed E-state index contributed by atoms with van der Waals surface area (Å²) in [7, 11) is 1.80. The van der Waals surface area contributed by atoms with E-state index in [0.29, 0.717) is 22.7 Å². The lowest BCUT2D eigenvalue weighted by molar-refractivity contribution is 0.554. The van der Waals surface area contributed by atoms with Crippen LogP contribution in [0.2, 0.25) is 5.02 Å². The van der Waals surface area contributed by atoms with E-state index in [1.165, 1.54) is 6.07 Å². The molecule has 0 saturated heterocycles. The summed E-state index contributed by atoms with van der Waals surface area (Å²) in [6.07, 6.45) is 3.73. The average molecular weight is 280 g/mol. The fraction of sp³-hybridized carbons (Fsp3) is 0.214. The molecule has 1 atom stereocenters. The number of rotatable bonds is 4. The molecule has 2 rings (SSSR count). The average Bonchev–Trinajstić information content (AvgIpc) is 2.40. The van der Waals surface area contributed by atoms with Gasteiger partial charge in [0.25, 0.3) is 0 Å². The largest absolute Gasteiger partial charge is 0.398 e. The van der Waals surface area contributed by atoms with Crippen LogP contribution in [0.15, 0.2) is 36.7 Å². The zero-order chi connectivity index (χ0) is 13.8. The lowest BCUT2D eigenvalue weighted by Gasteiger charge is -2.19. The van der Waals surface area contributed by atoms with Crippen molar-refractivity contribution in [1.82, 2.24) is 10.3 Å². The Balaban J connectivity index is 2.32. The highest BCUT2D eigenvalue weighted by molar-refractivity contribution is 6.31. The van der Waals surface area contributed by atoms with Crippen molar-refractivity contribution in [2.75, 3.05) is 12.8 Å². The van der Waals surface area contributed by atoms with Gasteiger partial charge in [-0.25, -0.2) is 4.39 Å². The van der Waals surface area contributed by atoms with Crippen LogP contribution in [0.4, 0.5) is 10.1 Å². The van der Waals surface area contributed by atoms with E-state index in [9.17, 15) is 4.39 Å². The molecule has 0 amide bonds. The van der Waals surface area contributed by atoms with Gasteiger partial charge in [0.2, 0.25) is 0 Å². The Morgan fingerprint density at radius 1 is 1.42 bits per heavy atom. The number of likely N-dealkylation sites (N-methyl/N-ethyl adjacent to an activating group) is 1. The molecular weight excluding hydrogens is 265 g/mol. The Bertz CT molecular complexity index is 554. The van der Waals surface area contributed by atoms with Gasteiger partial charge in [-0.15, -0.1) is 0 Å². The van der Waals surface area contributed by atoms with E-state index in [2.05, 4.69) is 10.3 Å². The van der Waals surface area contributed by atoms with Crippen molar-refractivity contribution in [3.05, 3.63) is 58.6 Å². The normalized spacial score (nSPS) is 12.4. The van der Waals surface area contributed by atoms with E-state index < -0.39 is 0 Å². The van der Waals surface area contributed by atoms with E-state index in [1.54, 1.807) is 37.6 Å². The first-order valence-electron chi connectivity index (χ1n) is 5.93. The first-order chi connectivity index (χ1) is 9.13. The third kappa shape index (κ3) is 3.03. The second kappa shape index (κ2) is 5.99. The molecule has 100 valence electrons. The lowest BCUT2D eigenvalue weighted by atomic mass is 9.99. The van der Waals surface area contributed by atoms with Crippen molar-refractivity contribution in [3.63, 3.8) is 0 Å². The zero-order valence-electron chi connectivity index (χ0n) is 10.5. The van der Waals surface area contributed by atoms with Gasteiger partial charge in [-0.05, 0) is 31.7 Å². The highest BCUT2D eigenvalue weighted by Gasteiger charge is 2.17. The summed E-state index contributed by atoms with van der Waals surface area (Å²) < 4.78 is 13.8. The quantitative estimate of drug-likeness (QED) is 0.905. The predicted molar refractivity (Wildman–Crippen MR) is 75.6 cm³/mol. The molecule has 1 unspecified atom stereocenters. The highest BCUT2D eigenvalue weighted by Crippen LogP contribution is 2.27. The van der Waals surface area contributed by atoms with Gasteiger partial charge in [0, 0.05) is 40.3 Å². The van der Waals surface area contributed by atoms with Crippen molar-refractivity contribution in [2.45, 2.75) is 12.5 Å². The summed E-state index contributed by atoms with van der Waals surface area (Å²) in [5, 5.41) is 3.54. The molecule has 0 saturated carbocycles. The molecule has 19 heavy (non-hydrogen) atoms. The Morgan fingerprint density at radius 2 is 2.21 bits per heavy atom. The second-order valence-corrected chi connectivity index (χ2v) is 4.66. The van der Waals surface area contributed by atoms with E-state index in [4.69, 9.17) is 17.3 Å². The van der Waals surface area contributed by atoms with Gasteiger partial charge < -0.3 is 11.1 Å². The second-order valence-electron chi connectivity index (χ2n) is 4.25. The molecule has 0 spiro atoms. The molecular formula is C14H15ClFN3. The van der Waals surface area contributed by atoms with Gasteiger partial charge in [-0.2, -0.15) is 0 Å². The first kappa shape index (κ1) is 13.8. The Kier molecular flexibility index (Phi) is 4.35. The number of nitrogen functional groups attached to an aromatic ring is 1. The van der Waals surface area contributed by atoms with Crippen molar-refractivity contribution in [1.29, 1.82) is 0 Å². The van der Waals surface area contributed by atoms with Crippen molar-refractivity contribution in [2.24, 2.45) is 0 Å². The van der Waals surface area contributed by atoms with Gasteiger partial charge in [0.15, 0.2) is 0 Å². The minimum absolute atomic E-state index is 0.136. The number of pyridine rings is 1. The zero-order valence-corrected chi connectivity index (χ0v) is 11.3. The van der Waals surface area contributed by atoms with Crippen LogP contribution in [0, 0.1) is 5.82 Å². The molecule has 0 aliphatic carbocycles. The molecule has 0 aliphatic rings. The number of halogens is 2. The van der Waals surface area contributed by atoms with Crippen LogP contribution in [0.1, 0.15) is 17.2 Å². The number of anilines is 1. The monoisotopic (exact) mass is 279 g/mol. The standard InChI is InChI=1S/C14H15ClFN3/c1-18-14(10-8-19-6-5-13(10)17)7-9-11(15)3-2-4-12(9)16/h2-6,8,14,18H,7H2,1H3,(H2,17,19). The van der Waals surface area contributed by atoms with Crippen LogP contribution < -0.4 is 11.1 Å². The Morgan fingerprint density at radius 3 is 2.84 bits per heavy atom. The van der Waals surface area contributed by atoms with Crippen LogP contribution in [0.3, 0.4) is 0 Å². The summed E-state index contributed by atoms with van der Waals surface area (Å²) in [6, 6.07) is 6.26. The summed E-state index contributed by atoms with van der Waals surface area (Å²) in [5.74, 6) is -0.310. The number of nitrogens with one attached hydrogen (secondary N) is 1. The molecule has 1 aromatic heterocycles. The molecule has 0 radical (unpaired) electrons. The number of hydrogen-bond acceptors (Lipinski definition) is 3. The molecule has 0 bridgehead atoms. The summed E-state index contributed by atoms with van der Waals surface area (Å²) in [5.41, 5.74) is 7.86. The molecule has 0 fully saturated rings. The van der Waals surface area contributed by atoms with E-state index in [1.807, 2.05) is 0 Å². The Labute approximate surface area is 116 Å². The molecule has 5 heteroatoms. The number of nitrogens with two attached hydrogens (primary N) is 1. The van der Waals surface area contributed by atoms with Crippen molar-refractivity contribution >= 4 is 17.3 Å². The van der Waals surface area contributed by atoms with Crippen LogP contribution in [0.5, 0.6) is 0 Å². The number of nitrogens with zero attached hydrogens (tertiary/aromatic N) is 1.